The van der Waals surface area contributed by atoms with E-state index >= 15 is 0 Å². The third-order valence-corrected chi connectivity index (χ3v) is 3.16. The van der Waals surface area contributed by atoms with Crippen LogP contribution in [0.5, 0.6) is 0 Å². The molecule has 2 nitrogen and oxygen atoms in total. The summed E-state index contributed by atoms with van der Waals surface area (Å²) in [4.78, 5) is 0. The van der Waals surface area contributed by atoms with Crippen molar-refractivity contribution in [1.82, 2.24) is 0 Å². The van der Waals surface area contributed by atoms with Gasteiger partial charge in [0.25, 0.3) is 0 Å². The van der Waals surface area contributed by atoms with Crippen molar-refractivity contribution in [2.24, 2.45) is 0 Å². The van der Waals surface area contributed by atoms with Crippen LogP contribution in [-0.2, 0) is 6.42 Å². The van der Waals surface area contributed by atoms with E-state index in [1.54, 1.807) is 12.1 Å². The molecule has 0 radical (unpaired) electrons. The van der Waals surface area contributed by atoms with Crippen LogP contribution in [0, 0.1) is 5.82 Å². The smallest absolute Gasteiger partial charge is 0.423 e. The molecular formula is C14H22BFO2. The van der Waals surface area contributed by atoms with Gasteiger partial charge in [0.2, 0.25) is 0 Å². The molecule has 0 saturated carbocycles. The number of hydrogen-bond acceptors (Lipinski definition) is 2. The molecule has 0 aliphatic rings. The van der Waals surface area contributed by atoms with Crippen molar-refractivity contribution in [3.8, 4) is 0 Å². The minimum atomic E-state index is -1.73. The molecule has 0 fully saturated rings. The van der Waals surface area contributed by atoms with Crippen molar-refractivity contribution in [2.45, 2.75) is 51.9 Å². The molecule has 0 spiro atoms. The normalized spacial score (nSPS) is 10.7. The Bertz CT molecular complexity index is 356. The second kappa shape index (κ2) is 8.27. The Kier molecular flexibility index (Phi) is 6.98. The van der Waals surface area contributed by atoms with Gasteiger partial charge in [-0.05, 0) is 24.5 Å². The summed E-state index contributed by atoms with van der Waals surface area (Å²) in [7, 11) is -1.73. The average Bonchev–Trinajstić information content (AvgIpc) is 2.35. The van der Waals surface area contributed by atoms with Crippen molar-refractivity contribution >= 4 is 12.6 Å². The van der Waals surface area contributed by atoms with Crippen LogP contribution in [0.2, 0.25) is 0 Å². The van der Waals surface area contributed by atoms with Crippen molar-refractivity contribution in [3.63, 3.8) is 0 Å². The van der Waals surface area contributed by atoms with Crippen LogP contribution in [0.15, 0.2) is 18.2 Å². The van der Waals surface area contributed by atoms with E-state index in [-0.39, 0.29) is 5.46 Å². The van der Waals surface area contributed by atoms with Gasteiger partial charge in [0.15, 0.2) is 0 Å². The molecule has 1 aromatic carbocycles. The summed E-state index contributed by atoms with van der Waals surface area (Å²) in [5, 5.41) is 18.0. The highest BCUT2D eigenvalue weighted by Crippen LogP contribution is 2.10. The van der Waals surface area contributed by atoms with Crippen LogP contribution in [0.1, 0.15) is 51.0 Å². The highest BCUT2D eigenvalue weighted by Gasteiger charge is 2.16. The van der Waals surface area contributed by atoms with E-state index in [1.807, 2.05) is 0 Å². The standard InChI is InChI=1S/C14H22BFO2/c1-2-3-4-5-6-7-8-12-9-10-14(16)13(11-12)15(17)18/h9-11,17-18H,2-8H2,1H3. The average molecular weight is 252 g/mol. The predicted octanol–water partition coefficient (Wildman–Crippen LogP) is 2.41. The van der Waals surface area contributed by atoms with Gasteiger partial charge in [-0.25, -0.2) is 4.39 Å². The summed E-state index contributed by atoms with van der Waals surface area (Å²) in [6.07, 6.45) is 8.16. The number of benzene rings is 1. The SMILES string of the molecule is CCCCCCCCc1ccc(F)c(B(O)O)c1. The van der Waals surface area contributed by atoms with Crippen LogP contribution < -0.4 is 5.46 Å². The summed E-state index contributed by atoms with van der Waals surface area (Å²) in [6.45, 7) is 2.19. The van der Waals surface area contributed by atoms with Gasteiger partial charge in [-0.2, -0.15) is 0 Å². The Balaban J connectivity index is 2.36. The lowest BCUT2D eigenvalue weighted by molar-refractivity contribution is 0.423. The highest BCUT2D eigenvalue weighted by atomic mass is 19.1. The maximum atomic E-state index is 13.2. The van der Waals surface area contributed by atoms with Crippen molar-refractivity contribution in [3.05, 3.63) is 29.6 Å². The van der Waals surface area contributed by atoms with Crippen LogP contribution in [0.4, 0.5) is 4.39 Å². The van der Waals surface area contributed by atoms with Gasteiger partial charge in [-0.1, -0.05) is 51.2 Å². The third-order valence-electron chi connectivity index (χ3n) is 3.16. The second-order valence-corrected chi connectivity index (χ2v) is 4.75. The molecule has 0 aromatic heterocycles. The summed E-state index contributed by atoms with van der Waals surface area (Å²) < 4.78 is 13.2. The third kappa shape index (κ3) is 5.19. The van der Waals surface area contributed by atoms with E-state index in [2.05, 4.69) is 6.92 Å². The topological polar surface area (TPSA) is 40.5 Å². The molecule has 0 amide bonds. The zero-order valence-electron chi connectivity index (χ0n) is 11.0. The molecule has 1 aromatic rings. The van der Waals surface area contributed by atoms with Gasteiger partial charge in [-0.3, -0.25) is 0 Å². The van der Waals surface area contributed by atoms with E-state index in [9.17, 15) is 4.39 Å². The maximum Gasteiger partial charge on any atom is 0.491 e. The summed E-state index contributed by atoms with van der Waals surface area (Å²) >= 11 is 0. The maximum absolute atomic E-state index is 13.2. The first-order chi connectivity index (χ1) is 8.65. The number of rotatable bonds is 8. The fourth-order valence-electron chi connectivity index (χ4n) is 2.06. The zero-order chi connectivity index (χ0) is 13.4. The summed E-state index contributed by atoms with van der Waals surface area (Å²) in [5.74, 6) is -0.559. The van der Waals surface area contributed by atoms with E-state index in [1.165, 1.54) is 38.2 Å². The first-order valence-electron chi connectivity index (χ1n) is 6.79. The Morgan fingerprint density at radius 3 is 2.39 bits per heavy atom. The number of unbranched alkanes of at least 4 members (excludes halogenated alkanes) is 5. The van der Waals surface area contributed by atoms with Gasteiger partial charge < -0.3 is 10.0 Å². The lowest BCUT2D eigenvalue weighted by atomic mass is 9.79. The van der Waals surface area contributed by atoms with E-state index < -0.39 is 12.9 Å². The molecule has 0 unspecified atom stereocenters. The Morgan fingerprint density at radius 1 is 1.06 bits per heavy atom. The molecule has 0 bridgehead atoms. The van der Waals surface area contributed by atoms with Gasteiger partial charge >= 0.3 is 7.12 Å². The highest BCUT2D eigenvalue weighted by molar-refractivity contribution is 6.58. The Labute approximate surface area is 109 Å². The molecule has 2 N–H and O–H groups in total. The molecule has 0 aliphatic carbocycles. The molecule has 4 heteroatoms. The van der Waals surface area contributed by atoms with Crippen molar-refractivity contribution in [2.75, 3.05) is 0 Å². The minimum Gasteiger partial charge on any atom is -0.423 e. The quantitative estimate of drug-likeness (QED) is 0.551. The zero-order valence-corrected chi connectivity index (χ0v) is 11.0. The van der Waals surface area contributed by atoms with Crippen LogP contribution in [0.25, 0.3) is 0 Å². The van der Waals surface area contributed by atoms with Crippen LogP contribution in [-0.4, -0.2) is 17.2 Å². The molecule has 0 aliphatic heterocycles. The lowest BCUT2D eigenvalue weighted by Crippen LogP contribution is -2.33. The molecular weight excluding hydrogens is 230 g/mol. The Morgan fingerprint density at radius 2 is 1.72 bits per heavy atom. The summed E-state index contributed by atoms with van der Waals surface area (Å²) in [5.41, 5.74) is 0.938. The van der Waals surface area contributed by atoms with E-state index in [4.69, 9.17) is 10.0 Å². The largest absolute Gasteiger partial charge is 0.491 e. The van der Waals surface area contributed by atoms with Crippen LogP contribution in [0.3, 0.4) is 0 Å². The van der Waals surface area contributed by atoms with E-state index in [0.717, 1.165) is 18.4 Å². The molecule has 100 valence electrons. The number of hydrogen-bond donors (Lipinski definition) is 2. The molecule has 1 rings (SSSR count). The van der Waals surface area contributed by atoms with E-state index in [0.29, 0.717) is 0 Å². The number of aryl methyl sites for hydroxylation is 1. The fourth-order valence-corrected chi connectivity index (χ4v) is 2.06. The second-order valence-electron chi connectivity index (χ2n) is 4.75. The minimum absolute atomic E-state index is 0.0292. The lowest BCUT2D eigenvalue weighted by Gasteiger charge is -2.06. The van der Waals surface area contributed by atoms with Gasteiger partial charge in [0.05, 0.1) is 0 Å². The van der Waals surface area contributed by atoms with Gasteiger partial charge in [0.1, 0.15) is 5.82 Å². The fraction of sp³-hybridized carbons (Fsp3) is 0.571. The molecule has 0 saturated heterocycles. The van der Waals surface area contributed by atoms with Crippen molar-refractivity contribution < 1.29 is 14.4 Å². The monoisotopic (exact) mass is 252 g/mol. The Hall–Kier alpha value is -0.865. The molecule has 0 atom stereocenters. The first-order valence-corrected chi connectivity index (χ1v) is 6.79. The predicted molar refractivity (Wildman–Crippen MR) is 73.3 cm³/mol. The first kappa shape index (κ1) is 15.2. The molecule has 0 heterocycles. The van der Waals surface area contributed by atoms with Gasteiger partial charge in [-0.15, -0.1) is 0 Å². The number of halogens is 1. The summed E-state index contributed by atoms with van der Waals surface area (Å²) in [6, 6.07) is 4.57. The van der Waals surface area contributed by atoms with Crippen molar-refractivity contribution in [1.29, 1.82) is 0 Å². The van der Waals surface area contributed by atoms with Crippen LogP contribution >= 0.6 is 0 Å². The van der Waals surface area contributed by atoms with Gasteiger partial charge in [0, 0.05) is 5.46 Å². The molecule has 18 heavy (non-hydrogen) atoms.